The molecule has 0 saturated heterocycles. The van der Waals surface area contributed by atoms with Gasteiger partial charge in [-0.05, 0) is 0 Å². The molecule has 1 aromatic carbocycles. The van der Waals surface area contributed by atoms with Crippen LogP contribution < -0.4 is 24.8 Å². The van der Waals surface area contributed by atoms with E-state index in [4.69, 9.17) is 12.2 Å². The fourth-order valence-corrected chi connectivity index (χ4v) is 26.5. The average molecular weight is 593 g/mol. The summed E-state index contributed by atoms with van der Waals surface area (Å²) in [6.07, 6.45) is 7.96. The molecular weight excluding hydrogens is 559 g/mol. The van der Waals surface area contributed by atoms with Crippen LogP contribution in [0.1, 0.15) is 68.3 Å². The van der Waals surface area contributed by atoms with E-state index in [1.807, 2.05) is 3.28 Å². The molecule has 0 nitrogen and oxygen atoms in total. The van der Waals surface area contributed by atoms with Gasteiger partial charge in [0, 0.05) is 0 Å². The van der Waals surface area contributed by atoms with Crippen LogP contribution in [0.3, 0.4) is 0 Å². The second-order valence-corrected chi connectivity index (χ2v) is 27.6. The summed E-state index contributed by atoms with van der Waals surface area (Å²) in [5, 5.41) is 0. The van der Waals surface area contributed by atoms with Gasteiger partial charge in [-0.3, -0.25) is 0 Å². The summed E-state index contributed by atoms with van der Waals surface area (Å²) in [5.41, 5.74) is 13.1. The van der Waals surface area contributed by atoms with Crippen molar-refractivity contribution in [3.63, 3.8) is 0 Å². The Morgan fingerprint density at radius 2 is 1.64 bits per heavy atom. The largest absolute Gasteiger partial charge is 1.00 e. The molecule has 0 aromatic heterocycles. The monoisotopic (exact) mass is 590 g/mol. The normalized spacial score (nSPS) is 21.4. The van der Waals surface area contributed by atoms with Crippen LogP contribution in [0.15, 0.2) is 61.5 Å². The van der Waals surface area contributed by atoms with E-state index in [2.05, 4.69) is 91.1 Å². The molecule has 0 heterocycles. The minimum absolute atomic E-state index is 0. The van der Waals surface area contributed by atoms with Crippen molar-refractivity contribution in [2.45, 2.75) is 64.7 Å². The predicted molar refractivity (Wildman–Crippen MR) is 140 cm³/mol. The fourth-order valence-electron chi connectivity index (χ4n) is 5.64. The Labute approximate surface area is 226 Å². The van der Waals surface area contributed by atoms with Crippen molar-refractivity contribution in [3.8, 4) is 0 Å². The molecular formula is C28H34Cl2SSiZr. The molecule has 2 atom stereocenters. The summed E-state index contributed by atoms with van der Waals surface area (Å²) in [7, 11) is 0. The standard InChI is InChI=1S/C17H15S.C9H13.C2H6Si.2ClH.Zr/c1-11-6-7-17(18)16(9-11)14-5-3-4-13-8-12(2)10-15(13)14;1-6-5-7(2)9(4)8(6)3;1-3-2;;;/h3-6,8-10H,7H2,1-2H3;6H,1-4H3;1-2H3;2*1H;/q;;;;;+2/p-2. The Morgan fingerprint density at radius 3 is 2.21 bits per heavy atom. The Bertz CT molecular complexity index is 1210. The number of thiocarbonyl (C=S) groups is 1. The van der Waals surface area contributed by atoms with Gasteiger partial charge in [-0.1, -0.05) is 0 Å². The molecule has 33 heavy (non-hydrogen) atoms. The number of benzene rings is 1. The molecule has 0 spiro atoms. The number of rotatable bonds is 3. The van der Waals surface area contributed by atoms with Gasteiger partial charge >= 0.3 is 203 Å². The summed E-state index contributed by atoms with van der Waals surface area (Å²) < 4.78 is 2.58. The van der Waals surface area contributed by atoms with Crippen LogP contribution in [0.25, 0.3) is 11.6 Å². The minimum Gasteiger partial charge on any atom is -1.00 e. The van der Waals surface area contributed by atoms with Gasteiger partial charge in [-0.25, -0.2) is 0 Å². The van der Waals surface area contributed by atoms with Gasteiger partial charge in [-0.2, -0.15) is 0 Å². The maximum atomic E-state index is 5.80. The van der Waals surface area contributed by atoms with Crippen LogP contribution in [-0.2, 0) is 20.4 Å². The molecule has 3 aliphatic carbocycles. The summed E-state index contributed by atoms with van der Waals surface area (Å²) in [4.78, 5) is 1.08. The topological polar surface area (TPSA) is 0 Å². The van der Waals surface area contributed by atoms with E-state index in [1.54, 1.807) is 27.9 Å². The zero-order valence-corrected chi connectivity index (χ0v) is 26.8. The van der Waals surface area contributed by atoms with Gasteiger partial charge in [0.1, 0.15) is 0 Å². The number of hydrogen-bond acceptors (Lipinski definition) is 1. The third-order valence-corrected chi connectivity index (χ3v) is 27.0. The Balaban J connectivity index is 0.00000193. The van der Waals surface area contributed by atoms with Gasteiger partial charge in [0.25, 0.3) is 0 Å². The molecule has 0 radical (unpaired) electrons. The Kier molecular flexibility index (Phi) is 9.79. The van der Waals surface area contributed by atoms with E-state index >= 15 is 0 Å². The first-order chi connectivity index (χ1) is 14.6. The number of halogens is 2. The fraction of sp³-hybridized carbons (Fsp3) is 0.393. The molecule has 0 saturated carbocycles. The van der Waals surface area contributed by atoms with Crippen molar-refractivity contribution in [2.24, 2.45) is 5.92 Å². The SMILES string of the molecule is CC1=CCC(=S)C(c2cccc3c2C=C(C)[CH]3[Zr+2]([C]2=C(C)C(C)=C(C)C2C)=[Si](C)C)=C1.[Cl-].[Cl-]. The van der Waals surface area contributed by atoms with Crippen molar-refractivity contribution in [1.29, 1.82) is 0 Å². The first-order valence-electron chi connectivity index (χ1n) is 11.4. The van der Waals surface area contributed by atoms with Gasteiger partial charge in [0.2, 0.25) is 0 Å². The van der Waals surface area contributed by atoms with E-state index < -0.39 is 20.4 Å². The molecule has 0 fully saturated rings. The molecule has 0 bridgehead atoms. The van der Waals surface area contributed by atoms with Crippen molar-refractivity contribution in [3.05, 3.63) is 78.2 Å². The molecule has 0 aliphatic heterocycles. The zero-order chi connectivity index (χ0) is 22.6. The number of allylic oxidation sites excluding steroid dienone is 9. The third-order valence-electron chi connectivity index (χ3n) is 7.61. The van der Waals surface area contributed by atoms with Gasteiger partial charge in [0.05, 0.1) is 0 Å². The van der Waals surface area contributed by atoms with E-state index in [9.17, 15) is 0 Å². The molecule has 1 aromatic rings. The maximum absolute atomic E-state index is 5.80. The molecule has 0 N–H and O–H groups in total. The minimum atomic E-state index is -1.93. The maximum Gasteiger partial charge on any atom is -1.00 e. The van der Waals surface area contributed by atoms with Crippen LogP contribution >= 0.6 is 12.2 Å². The van der Waals surface area contributed by atoms with Crippen molar-refractivity contribution >= 4 is 34.2 Å². The second-order valence-electron chi connectivity index (χ2n) is 9.75. The number of fused-ring (bicyclic) bond motifs is 1. The summed E-state index contributed by atoms with van der Waals surface area (Å²) >= 11 is 3.87. The van der Waals surface area contributed by atoms with E-state index in [1.165, 1.54) is 22.3 Å². The first-order valence-corrected chi connectivity index (χ1v) is 20.7. The Hall–Kier alpha value is -0.310. The Morgan fingerprint density at radius 1 is 0.970 bits per heavy atom. The van der Waals surface area contributed by atoms with E-state index in [0.717, 1.165) is 11.3 Å². The third kappa shape index (κ3) is 5.01. The van der Waals surface area contributed by atoms with Gasteiger partial charge < -0.3 is 24.8 Å². The van der Waals surface area contributed by atoms with Crippen LogP contribution in [0.2, 0.25) is 13.1 Å². The van der Waals surface area contributed by atoms with Crippen molar-refractivity contribution < 1.29 is 45.2 Å². The quantitative estimate of drug-likeness (QED) is 0.384. The van der Waals surface area contributed by atoms with Gasteiger partial charge in [0.15, 0.2) is 0 Å². The summed E-state index contributed by atoms with van der Waals surface area (Å²) in [6, 6.07) is 7.02. The molecule has 3 aliphatic rings. The molecule has 4 rings (SSSR count). The van der Waals surface area contributed by atoms with Crippen molar-refractivity contribution in [1.82, 2.24) is 0 Å². The molecule has 0 amide bonds. The van der Waals surface area contributed by atoms with Crippen LogP contribution in [0.4, 0.5) is 0 Å². The zero-order valence-electron chi connectivity index (χ0n) is 21.0. The van der Waals surface area contributed by atoms with Crippen molar-refractivity contribution in [2.75, 3.05) is 0 Å². The molecule has 2 unspecified atom stereocenters. The van der Waals surface area contributed by atoms with Crippen LogP contribution in [0.5, 0.6) is 0 Å². The van der Waals surface area contributed by atoms with Crippen LogP contribution in [-0.4, -0.2) is 10.3 Å². The smallest absolute Gasteiger partial charge is 1.00 e. The molecule has 5 heteroatoms. The summed E-state index contributed by atoms with van der Waals surface area (Å²) in [6.45, 7) is 19.4. The summed E-state index contributed by atoms with van der Waals surface area (Å²) in [5.74, 6) is 0.649. The second kappa shape index (κ2) is 11.2. The van der Waals surface area contributed by atoms with E-state index in [-0.39, 0.29) is 30.2 Å². The molecule has 174 valence electrons. The predicted octanol–water partition coefficient (Wildman–Crippen LogP) is 2.39. The van der Waals surface area contributed by atoms with E-state index in [0.29, 0.717) is 9.54 Å². The number of hydrogen-bond donors (Lipinski definition) is 0. The van der Waals surface area contributed by atoms with Gasteiger partial charge in [-0.15, -0.1) is 0 Å². The average Bonchev–Trinajstić information content (AvgIpc) is 3.15. The van der Waals surface area contributed by atoms with Crippen LogP contribution in [0, 0.1) is 5.92 Å². The first kappa shape index (κ1) is 28.9.